The molecular weight excluding hydrogens is 346 g/mol. The van der Waals surface area contributed by atoms with Gasteiger partial charge in [-0.3, -0.25) is 14.8 Å². The Bertz CT molecular complexity index is 885. The summed E-state index contributed by atoms with van der Waals surface area (Å²) < 4.78 is 12.8. The molecule has 0 saturated heterocycles. The van der Waals surface area contributed by atoms with Crippen molar-refractivity contribution in [1.29, 1.82) is 0 Å². The van der Waals surface area contributed by atoms with E-state index in [0.29, 0.717) is 16.5 Å². The van der Waals surface area contributed by atoms with Crippen LogP contribution in [0.15, 0.2) is 40.9 Å². The van der Waals surface area contributed by atoms with Crippen molar-refractivity contribution < 1.29 is 13.9 Å². The zero-order valence-corrected chi connectivity index (χ0v) is 14.6. The molecular formula is C16H16ClN5O3. The van der Waals surface area contributed by atoms with E-state index >= 15 is 0 Å². The Morgan fingerprint density at radius 3 is 2.60 bits per heavy atom. The fourth-order valence-electron chi connectivity index (χ4n) is 2.05. The van der Waals surface area contributed by atoms with Crippen molar-refractivity contribution in [2.75, 3.05) is 5.32 Å². The van der Waals surface area contributed by atoms with Gasteiger partial charge in [0.15, 0.2) is 5.60 Å². The molecule has 25 heavy (non-hydrogen) atoms. The molecule has 0 aliphatic carbocycles. The van der Waals surface area contributed by atoms with Crippen LogP contribution in [-0.4, -0.2) is 31.5 Å². The first-order valence-corrected chi connectivity index (χ1v) is 7.81. The van der Waals surface area contributed by atoms with E-state index in [9.17, 15) is 4.79 Å². The molecule has 3 rings (SSSR count). The summed E-state index contributed by atoms with van der Waals surface area (Å²) in [7, 11) is 1.75. The number of aromatic nitrogens is 4. The average Bonchev–Trinajstić information content (AvgIpc) is 3.18. The molecule has 0 aliphatic heterocycles. The summed E-state index contributed by atoms with van der Waals surface area (Å²) in [6.45, 7) is 3.27. The number of amides is 1. The molecule has 0 unspecified atom stereocenters. The number of aryl methyl sites for hydroxylation is 1. The second kappa shape index (κ2) is 6.56. The van der Waals surface area contributed by atoms with Gasteiger partial charge in [0.2, 0.25) is 0 Å². The minimum absolute atomic E-state index is 0.0195. The average molecular weight is 362 g/mol. The van der Waals surface area contributed by atoms with Gasteiger partial charge in [-0.1, -0.05) is 16.7 Å². The second-order valence-corrected chi connectivity index (χ2v) is 6.21. The number of hydrogen-bond donors (Lipinski definition) is 1. The van der Waals surface area contributed by atoms with Crippen LogP contribution in [0.25, 0.3) is 11.6 Å². The summed E-state index contributed by atoms with van der Waals surface area (Å²) in [5, 5.41) is 14.9. The topological polar surface area (TPSA) is 95.1 Å². The van der Waals surface area contributed by atoms with E-state index in [4.69, 9.17) is 20.8 Å². The van der Waals surface area contributed by atoms with Gasteiger partial charge in [-0.2, -0.15) is 5.10 Å². The maximum atomic E-state index is 12.5. The predicted molar refractivity (Wildman–Crippen MR) is 91.3 cm³/mol. The normalized spacial score (nSPS) is 11.4. The van der Waals surface area contributed by atoms with Crippen LogP contribution < -0.4 is 10.1 Å². The third-order valence-electron chi connectivity index (χ3n) is 3.42. The summed E-state index contributed by atoms with van der Waals surface area (Å²) in [6, 6.07) is 8.45. The number of halogens is 1. The van der Waals surface area contributed by atoms with Gasteiger partial charge in [-0.15, -0.1) is 5.10 Å². The lowest BCUT2D eigenvalue weighted by Gasteiger charge is -2.24. The number of rotatable bonds is 5. The van der Waals surface area contributed by atoms with Crippen LogP contribution >= 0.6 is 11.6 Å². The van der Waals surface area contributed by atoms with Crippen LogP contribution in [0.4, 0.5) is 6.01 Å². The maximum Gasteiger partial charge on any atom is 0.322 e. The summed E-state index contributed by atoms with van der Waals surface area (Å²) in [5.41, 5.74) is -0.515. The minimum Gasteiger partial charge on any atom is -0.478 e. The van der Waals surface area contributed by atoms with E-state index in [1.54, 1.807) is 62.1 Å². The molecule has 0 spiro atoms. The molecule has 3 aromatic rings. The first kappa shape index (κ1) is 17.0. The quantitative estimate of drug-likeness (QED) is 0.750. The Morgan fingerprint density at radius 2 is 1.96 bits per heavy atom. The third kappa shape index (κ3) is 3.80. The van der Waals surface area contributed by atoms with E-state index in [2.05, 4.69) is 20.6 Å². The van der Waals surface area contributed by atoms with E-state index in [1.165, 1.54) is 0 Å². The Morgan fingerprint density at radius 1 is 1.24 bits per heavy atom. The van der Waals surface area contributed by atoms with Gasteiger partial charge in [0, 0.05) is 18.3 Å². The van der Waals surface area contributed by atoms with Crippen molar-refractivity contribution in [2.24, 2.45) is 7.05 Å². The molecule has 1 N–H and O–H groups in total. The molecule has 1 amide bonds. The van der Waals surface area contributed by atoms with Crippen molar-refractivity contribution in [3.05, 3.63) is 41.6 Å². The van der Waals surface area contributed by atoms with Gasteiger partial charge in [-0.25, -0.2) is 0 Å². The van der Waals surface area contributed by atoms with Gasteiger partial charge in [0.25, 0.3) is 11.8 Å². The van der Waals surface area contributed by atoms with Gasteiger partial charge < -0.3 is 9.15 Å². The molecule has 2 heterocycles. The number of ether oxygens (including phenoxy) is 1. The molecule has 9 heteroatoms. The van der Waals surface area contributed by atoms with Crippen molar-refractivity contribution in [3.63, 3.8) is 0 Å². The number of carbonyl (C=O) groups excluding carboxylic acids is 1. The van der Waals surface area contributed by atoms with Crippen LogP contribution in [0.5, 0.6) is 5.75 Å². The van der Waals surface area contributed by atoms with E-state index in [-0.39, 0.29) is 11.9 Å². The fraction of sp³-hybridized carbons (Fsp3) is 0.250. The number of carbonyl (C=O) groups is 1. The molecule has 0 bridgehead atoms. The van der Waals surface area contributed by atoms with E-state index in [1.807, 2.05) is 0 Å². The fourth-order valence-corrected chi connectivity index (χ4v) is 2.18. The molecule has 1 aromatic carbocycles. The smallest absolute Gasteiger partial charge is 0.322 e. The van der Waals surface area contributed by atoms with Crippen molar-refractivity contribution in [3.8, 4) is 17.3 Å². The van der Waals surface area contributed by atoms with E-state index < -0.39 is 11.5 Å². The zero-order chi connectivity index (χ0) is 18.0. The zero-order valence-electron chi connectivity index (χ0n) is 13.9. The van der Waals surface area contributed by atoms with Crippen LogP contribution in [0.1, 0.15) is 13.8 Å². The SMILES string of the molecule is Cn1nccc1-c1nnc(NC(=O)C(C)(C)Oc2ccc(Cl)cc2)o1. The molecule has 0 atom stereocenters. The Balaban J connectivity index is 1.70. The largest absolute Gasteiger partial charge is 0.478 e. The van der Waals surface area contributed by atoms with Crippen LogP contribution in [-0.2, 0) is 11.8 Å². The molecule has 2 aromatic heterocycles. The van der Waals surface area contributed by atoms with Crippen molar-refractivity contribution >= 4 is 23.5 Å². The lowest BCUT2D eigenvalue weighted by molar-refractivity contribution is -0.128. The van der Waals surface area contributed by atoms with Crippen LogP contribution in [0.2, 0.25) is 5.02 Å². The Labute approximate surface area is 148 Å². The number of anilines is 1. The highest BCUT2D eigenvalue weighted by molar-refractivity contribution is 6.30. The molecule has 8 nitrogen and oxygen atoms in total. The Hall–Kier alpha value is -2.87. The number of nitrogens with one attached hydrogen (secondary N) is 1. The van der Waals surface area contributed by atoms with Gasteiger partial charge in [-0.05, 0) is 44.2 Å². The van der Waals surface area contributed by atoms with Gasteiger partial charge >= 0.3 is 6.01 Å². The van der Waals surface area contributed by atoms with Gasteiger partial charge in [0.1, 0.15) is 11.4 Å². The predicted octanol–water partition coefficient (Wildman–Crippen LogP) is 2.92. The molecule has 0 radical (unpaired) electrons. The summed E-state index contributed by atoms with van der Waals surface area (Å²) in [5.74, 6) is 0.347. The summed E-state index contributed by atoms with van der Waals surface area (Å²) in [4.78, 5) is 12.5. The van der Waals surface area contributed by atoms with Crippen molar-refractivity contribution in [1.82, 2.24) is 20.0 Å². The number of benzene rings is 1. The molecule has 130 valence electrons. The first-order chi connectivity index (χ1) is 11.8. The van der Waals surface area contributed by atoms with Crippen LogP contribution in [0.3, 0.4) is 0 Å². The summed E-state index contributed by atoms with van der Waals surface area (Å²) >= 11 is 5.84. The first-order valence-electron chi connectivity index (χ1n) is 7.43. The number of hydrogen-bond acceptors (Lipinski definition) is 6. The highest BCUT2D eigenvalue weighted by Crippen LogP contribution is 2.23. The van der Waals surface area contributed by atoms with Crippen molar-refractivity contribution in [2.45, 2.75) is 19.4 Å². The maximum absolute atomic E-state index is 12.5. The highest BCUT2D eigenvalue weighted by atomic mass is 35.5. The number of nitrogens with zero attached hydrogens (tertiary/aromatic N) is 4. The standard InChI is InChI=1S/C16H16ClN5O3/c1-16(2,25-11-6-4-10(17)5-7-11)14(23)19-15-21-20-13(24-15)12-8-9-18-22(12)3/h4-9H,1-3H3,(H,19,21,23). The van der Waals surface area contributed by atoms with Gasteiger partial charge in [0.05, 0.1) is 0 Å². The molecule has 0 aliphatic rings. The monoisotopic (exact) mass is 361 g/mol. The second-order valence-electron chi connectivity index (χ2n) is 5.77. The lowest BCUT2D eigenvalue weighted by atomic mass is 10.1. The minimum atomic E-state index is -1.16. The highest BCUT2D eigenvalue weighted by Gasteiger charge is 2.31. The van der Waals surface area contributed by atoms with Crippen LogP contribution in [0, 0.1) is 0 Å². The lowest BCUT2D eigenvalue weighted by Crippen LogP contribution is -2.42. The van der Waals surface area contributed by atoms with E-state index in [0.717, 1.165) is 0 Å². The molecule has 0 saturated carbocycles. The Kier molecular flexibility index (Phi) is 4.45. The third-order valence-corrected chi connectivity index (χ3v) is 3.67. The molecule has 0 fully saturated rings. The summed E-state index contributed by atoms with van der Waals surface area (Å²) in [6.07, 6.45) is 1.61.